The molecule has 0 unspecified atom stereocenters. The second-order valence-corrected chi connectivity index (χ2v) is 5.33. The summed E-state index contributed by atoms with van der Waals surface area (Å²) in [4.78, 5) is 13.9. The van der Waals surface area contributed by atoms with Crippen LogP contribution in [0.3, 0.4) is 0 Å². The normalized spacial score (nSPS) is 10.7. The molecule has 0 bridgehead atoms. The topological polar surface area (TPSA) is 61.8 Å². The van der Waals surface area contributed by atoms with Crippen LogP contribution in [0.15, 0.2) is 18.2 Å². The average molecular weight is 315 g/mol. The number of nitrogens with one attached hydrogen (secondary N) is 1. The largest absolute Gasteiger partial charge is 0.495 e. The number of hydrogen-bond acceptors (Lipinski definition) is 4. The molecule has 21 heavy (non-hydrogen) atoms. The molecule has 1 rings (SSSR count). The summed E-state index contributed by atoms with van der Waals surface area (Å²) in [7, 11) is 3.45. The minimum atomic E-state index is -0.0825. The van der Waals surface area contributed by atoms with E-state index in [1.54, 1.807) is 25.3 Å². The highest BCUT2D eigenvalue weighted by molar-refractivity contribution is 6.32. The number of methoxy groups -OCH3 is 1. The van der Waals surface area contributed by atoms with E-state index < -0.39 is 0 Å². The van der Waals surface area contributed by atoms with Crippen molar-refractivity contribution in [1.29, 1.82) is 0 Å². The van der Waals surface area contributed by atoms with E-state index in [4.69, 9.17) is 21.4 Å². The van der Waals surface area contributed by atoms with E-state index in [-0.39, 0.29) is 12.5 Å². The van der Waals surface area contributed by atoms with E-state index in [0.29, 0.717) is 23.0 Å². The van der Waals surface area contributed by atoms with E-state index in [1.165, 1.54) is 0 Å². The lowest BCUT2D eigenvalue weighted by Gasteiger charge is -2.16. The molecule has 118 valence electrons. The van der Waals surface area contributed by atoms with Gasteiger partial charge in [-0.2, -0.15) is 0 Å². The van der Waals surface area contributed by atoms with Crippen LogP contribution >= 0.6 is 11.6 Å². The molecule has 0 aliphatic carbocycles. The standard InChI is InChI=1S/C15H23ClN2O3/c1-18(8-4-3-5-9-19)11-15(20)17-12-6-7-14(21-2)13(16)10-12/h6-7,10,19H,3-5,8-9,11H2,1-2H3,(H,17,20). The Morgan fingerprint density at radius 1 is 1.38 bits per heavy atom. The van der Waals surface area contributed by atoms with Crippen molar-refractivity contribution in [3.8, 4) is 5.75 Å². The van der Waals surface area contributed by atoms with Crippen molar-refractivity contribution in [3.63, 3.8) is 0 Å². The molecule has 0 saturated carbocycles. The van der Waals surface area contributed by atoms with Gasteiger partial charge in [-0.25, -0.2) is 0 Å². The number of hydrogen-bond donors (Lipinski definition) is 2. The van der Waals surface area contributed by atoms with Crippen LogP contribution in [0.25, 0.3) is 0 Å². The zero-order chi connectivity index (χ0) is 15.7. The summed E-state index contributed by atoms with van der Waals surface area (Å²) in [5.41, 5.74) is 0.652. The smallest absolute Gasteiger partial charge is 0.238 e. The van der Waals surface area contributed by atoms with Gasteiger partial charge in [-0.3, -0.25) is 9.69 Å². The first-order valence-electron chi connectivity index (χ1n) is 6.99. The first-order valence-corrected chi connectivity index (χ1v) is 7.37. The van der Waals surface area contributed by atoms with Gasteiger partial charge in [0.05, 0.1) is 18.7 Å². The summed E-state index contributed by atoms with van der Waals surface area (Å²) < 4.78 is 5.06. The molecular weight excluding hydrogens is 292 g/mol. The number of unbranched alkanes of at least 4 members (excludes halogenated alkanes) is 2. The molecule has 0 saturated heterocycles. The number of ether oxygens (including phenoxy) is 1. The average Bonchev–Trinajstić information content (AvgIpc) is 2.43. The van der Waals surface area contributed by atoms with E-state index in [2.05, 4.69) is 5.32 Å². The highest BCUT2D eigenvalue weighted by Crippen LogP contribution is 2.27. The second kappa shape index (κ2) is 9.60. The molecule has 0 fully saturated rings. The fourth-order valence-corrected chi connectivity index (χ4v) is 2.20. The number of carbonyl (C=O) groups excluding carboxylic acids is 1. The molecule has 0 aliphatic rings. The molecule has 6 heteroatoms. The summed E-state index contributed by atoms with van der Waals surface area (Å²) in [6, 6.07) is 5.14. The number of rotatable bonds is 9. The van der Waals surface area contributed by atoms with Crippen molar-refractivity contribution in [3.05, 3.63) is 23.2 Å². The zero-order valence-electron chi connectivity index (χ0n) is 12.6. The lowest BCUT2D eigenvalue weighted by molar-refractivity contribution is -0.117. The van der Waals surface area contributed by atoms with Crippen LogP contribution in [0, 0.1) is 0 Å². The van der Waals surface area contributed by atoms with E-state index >= 15 is 0 Å². The van der Waals surface area contributed by atoms with Crippen LogP contribution in [0.5, 0.6) is 5.75 Å². The SMILES string of the molecule is COc1ccc(NC(=O)CN(C)CCCCCO)cc1Cl. The van der Waals surface area contributed by atoms with Gasteiger partial charge in [0.15, 0.2) is 0 Å². The van der Waals surface area contributed by atoms with Crippen LogP contribution in [0.1, 0.15) is 19.3 Å². The van der Waals surface area contributed by atoms with Crippen molar-refractivity contribution in [2.75, 3.05) is 39.2 Å². The summed E-state index contributed by atoms with van der Waals surface area (Å²) in [6.45, 7) is 1.38. The van der Waals surface area contributed by atoms with Crippen LogP contribution in [-0.2, 0) is 4.79 Å². The van der Waals surface area contributed by atoms with Gasteiger partial charge in [0, 0.05) is 12.3 Å². The Kier molecular flexibility index (Phi) is 8.12. The van der Waals surface area contributed by atoms with Crippen molar-refractivity contribution < 1.29 is 14.6 Å². The number of amides is 1. The summed E-state index contributed by atoms with van der Waals surface area (Å²) >= 11 is 6.01. The van der Waals surface area contributed by atoms with Gasteiger partial charge in [0.25, 0.3) is 0 Å². The number of aliphatic hydroxyl groups excluding tert-OH is 1. The maximum atomic E-state index is 11.9. The minimum Gasteiger partial charge on any atom is -0.495 e. The van der Waals surface area contributed by atoms with Crippen molar-refractivity contribution in [1.82, 2.24) is 4.90 Å². The monoisotopic (exact) mass is 314 g/mol. The molecule has 0 heterocycles. The van der Waals surface area contributed by atoms with Crippen LogP contribution in [-0.4, -0.2) is 49.8 Å². The molecule has 0 aliphatic heterocycles. The van der Waals surface area contributed by atoms with E-state index in [0.717, 1.165) is 25.8 Å². The van der Waals surface area contributed by atoms with Gasteiger partial charge in [0.1, 0.15) is 5.75 Å². The zero-order valence-corrected chi connectivity index (χ0v) is 13.3. The Hall–Kier alpha value is -1.30. The number of carbonyl (C=O) groups is 1. The Labute approximate surface area is 130 Å². The Morgan fingerprint density at radius 3 is 2.76 bits per heavy atom. The fourth-order valence-electron chi connectivity index (χ4n) is 1.94. The van der Waals surface area contributed by atoms with Crippen molar-refractivity contribution >= 4 is 23.2 Å². The summed E-state index contributed by atoms with van der Waals surface area (Å²) in [5.74, 6) is 0.497. The van der Waals surface area contributed by atoms with Gasteiger partial charge < -0.3 is 15.2 Å². The third kappa shape index (κ3) is 6.80. The maximum absolute atomic E-state index is 11.9. The number of nitrogens with zero attached hydrogens (tertiary/aromatic N) is 1. The molecule has 1 aromatic carbocycles. The van der Waals surface area contributed by atoms with E-state index in [1.807, 2.05) is 11.9 Å². The van der Waals surface area contributed by atoms with Crippen LogP contribution in [0.4, 0.5) is 5.69 Å². The molecule has 2 N–H and O–H groups in total. The van der Waals surface area contributed by atoms with Gasteiger partial charge in [-0.1, -0.05) is 11.6 Å². The molecule has 0 atom stereocenters. The fraction of sp³-hybridized carbons (Fsp3) is 0.533. The van der Waals surface area contributed by atoms with Crippen LogP contribution < -0.4 is 10.1 Å². The first kappa shape index (κ1) is 17.8. The van der Waals surface area contributed by atoms with E-state index in [9.17, 15) is 4.79 Å². The lowest BCUT2D eigenvalue weighted by atomic mass is 10.2. The third-order valence-corrected chi connectivity index (χ3v) is 3.34. The molecular formula is C15H23ClN2O3. The van der Waals surface area contributed by atoms with Gasteiger partial charge >= 0.3 is 0 Å². The Balaban J connectivity index is 2.37. The molecule has 0 radical (unpaired) electrons. The second-order valence-electron chi connectivity index (χ2n) is 4.92. The molecule has 0 aromatic heterocycles. The number of anilines is 1. The Morgan fingerprint density at radius 2 is 2.14 bits per heavy atom. The van der Waals surface area contributed by atoms with Crippen molar-refractivity contribution in [2.45, 2.75) is 19.3 Å². The lowest BCUT2D eigenvalue weighted by Crippen LogP contribution is -2.30. The predicted molar refractivity (Wildman–Crippen MR) is 85.1 cm³/mol. The number of likely N-dealkylation sites (N-methyl/N-ethyl adjacent to an activating group) is 1. The first-order chi connectivity index (χ1) is 10.1. The number of benzene rings is 1. The molecule has 1 aromatic rings. The third-order valence-electron chi connectivity index (χ3n) is 3.05. The molecule has 5 nitrogen and oxygen atoms in total. The Bertz CT molecular complexity index is 455. The number of halogens is 1. The molecule has 1 amide bonds. The summed E-state index contributed by atoms with van der Waals surface area (Å²) in [5, 5.41) is 12.0. The van der Waals surface area contributed by atoms with Crippen molar-refractivity contribution in [2.24, 2.45) is 0 Å². The van der Waals surface area contributed by atoms with Gasteiger partial charge in [0.2, 0.25) is 5.91 Å². The van der Waals surface area contributed by atoms with Gasteiger partial charge in [-0.05, 0) is 51.1 Å². The molecule has 0 spiro atoms. The summed E-state index contributed by atoms with van der Waals surface area (Å²) in [6.07, 6.45) is 2.75. The van der Waals surface area contributed by atoms with Gasteiger partial charge in [-0.15, -0.1) is 0 Å². The minimum absolute atomic E-state index is 0.0825. The highest BCUT2D eigenvalue weighted by atomic mass is 35.5. The van der Waals surface area contributed by atoms with Crippen LogP contribution in [0.2, 0.25) is 5.02 Å². The highest BCUT2D eigenvalue weighted by Gasteiger charge is 2.08. The quantitative estimate of drug-likeness (QED) is 0.687. The predicted octanol–water partition coefficient (Wildman–Crippen LogP) is 2.38. The number of aliphatic hydroxyl groups is 1. The maximum Gasteiger partial charge on any atom is 0.238 e.